The molecule has 0 radical (unpaired) electrons. The van der Waals surface area contributed by atoms with Crippen LogP contribution in [0.1, 0.15) is 40.0 Å². The van der Waals surface area contributed by atoms with Crippen LogP contribution in [0.4, 0.5) is 0 Å². The molecule has 0 aromatic carbocycles. The number of ether oxygens (including phenoxy) is 1. The molecule has 0 aromatic heterocycles. The van der Waals surface area contributed by atoms with Crippen LogP contribution in [0, 0.1) is 5.41 Å². The van der Waals surface area contributed by atoms with Gasteiger partial charge in [-0.2, -0.15) is 0 Å². The third kappa shape index (κ3) is 5.47. The number of hydrogen-bond donors (Lipinski definition) is 2. The molecule has 2 N–H and O–H groups in total. The summed E-state index contributed by atoms with van der Waals surface area (Å²) in [6.07, 6.45) is 3.01. The SMILES string of the molecule is CN=C(NC1CCN(CC(=O)N(C)C)CC1)NC1CC(C)(OC)C1(C)C.I. The van der Waals surface area contributed by atoms with Crippen LogP contribution in [-0.2, 0) is 9.53 Å². The van der Waals surface area contributed by atoms with Crippen molar-refractivity contribution in [3.63, 3.8) is 0 Å². The van der Waals surface area contributed by atoms with Crippen molar-refractivity contribution in [2.75, 3.05) is 47.9 Å². The van der Waals surface area contributed by atoms with Crippen molar-refractivity contribution >= 4 is 35.8 Å². The number of rotatable bonds is 5. The van der Waals surface area contributed by atoms with E-state index >= 15 is 0 Å². The fourth-order valence-corrected chi connectivity index (χ4v) is 3.82. The lowest BCUT2D eigenvalue weighted by Gasteiger charge is -2.59. The number of nitrogens with zero attached hydrogens (tertiary/aromatic N) is 3. The summed E-state index contributed by atoms with van der Waals surface area (Å²) in [5.74, 6) is 1.03. The Hall–Kier alpha value is -0.610. The number of carbonyl (C=O) groups excluding carboxylic acids is 1. The van der Waals surface area contributed by atoms with Gasteiger partial charge in [-0.15, -0.1) is 24.0 Å². The Morgan fingerprint density at radius 1 is 1.22 bits per heavy atom. The molecule has 2 fully saturated rings. The summed E-state index contributed by atoms with van der Waals surface area (Å²) >= 11 is 0. The number of amides is 1. The molecular formula is C19H38IN5O2. The number of methoxy groups -OCH3 is 1. The number of hydrogen-bond acceptors (Lipinski definition) is 4. The van der Waals surface area contributed by atoms with Crippen molar-refractivity contribution in [3.8, 4) is 0 Å². The van der Waals surface area contributed by atoms with E-state index in [-0.39, 0.29) is 40.9 Å². The van der Waals surface area contributed by atoms with Gasteiger partial charge in [0.25, 0.3) is 0 Å². The number of guanidine groups is 1. The molecule has 158 valence electrons. The highest BCUT2D eigenvalue weighted by molar-refractivity contribution is 14.0. The fraction of sp³-hybridized carbons (Fsp3) is 0.895. The number of likely N-dealkylation sites (tertiary alicyclic amines) is 1. The minimum absolute atomic E-state index is 0. The molecule has 1 saturated heterocycles. The van der Waals surface area contributed by atoms with Gasteiger partial charge in [-0.05, 0) is 26.2 Å². The minimum atomic E-state index is -0.0895. The van der Waals surface area contributed by atoms with Crippen LogP contribution >= 0.6 is 24.0 Å². The van der Waals surface area contributed by atoms with Crippen molar-refractivity contribution < 1.29 is 9.53 Å². The van der Waals surface area contributed by atoms with E-state index in [4.69, 9.17) is 4.74 Å². The highest BCUT2D eigenvalue weighted by Crippen LogP contribution is 2.51. The third-order valence-corrected chi connectivity index (χ3v) is 6.60. The zero-order valence-electron chi connectivity index (χ0n) is 18.0. The second kappa shape index (κ2) is 9.73. The van der Waals surface area contributed by atoms with Gasteiger partial charge < -0.3 is 20.3 Å². The largest absolute Gasteiger partial charge is 0.378 e. The van der Waals surface area contributed by atoms with E-state index in [0.717, 1.165) is 38.3 Å². The first-order valence-electron chi connectivity index (χ1n) is 9.60. The smallest absolute Gasteiger partial charge is 0.236 e. The summed E-state index contributed by atoms with van der Waals surface area (Å²) in [7, 11) is 7.23. The van der Waals surface area contributed by atoms with Gasteiger partial charge in [-0.3, -0.25) is 14.7 Å². The highest BCUT2D eigenvalue weighted by Gasteiger charge is 2.58. The van der Waals surface area contributed by atoms with Gasteiger partial charge in [-0.25, -0.2) is 0 Å². The summed E-state index contributed by atoms with van der Waals surface area (Å²) in [6.45, 7) is 9.04. The van der Waals surface area contributed by atoms with Crippen LogP contribution in [0.15, 0.2) is 4.99 Å². The minimum Gasteiger partial charge on any atom is -0.378 e. The molecule has 2 rings (SSSR count). The van der Waals surface area contributed by atoms with Crippen molar-refractivity contribution in [1.29, 1.82) is 0 Å². The quantitative estimate of drug-likeness (QED) is 0.344. The van der Waals surface area contributed by atoms with Gasteiger partial charge >= 0.3 is 0 Å². The number of carbonyl (C=O) groups is 1. The molecule has 2 atom stereocenters. The molecule has 1 saturated carbocycles. The van der Waals surface area contributed by atoms with Crippen LogP contribution in [0.5, 0.6) is 0 Å². The molecule has 27 heavy (non-hydrogen) atoms. The maximum atomic E-state index is 11.8. The number of likely N-dealkylation sites (N-methyl/N-ethyl adjacent to an activating group) is 1. The first-order valence-corrected chi connectivity index (χ1v) is 9.60. The molecule has 7 nitrogen and oxygen atoms in total. The van der Waals surface area contributed by atoms with Gasteiger partial charge in [0.05, 0.1) is 12.1 Å². The standard InChI is InChI=1S/C19H37N5O2.HI/c1-18(2)15(12-19(18,3)26-7)22-17(20-4)21-14-8-10-24(11-9-14)13-16(25)23(5)6;/h14-15H,8-13H2,1-7H3,(H2,20,21,22);1H. The Balaban J connectivity index is 0.00000364. The van der Waals surface area contributed by atoms with Crippen LogP contribution in [0.2, 0.25) is 0 Å². The summed E-state index contributed by atoms with van der Waals surface area (Å²) in [4.78, 5) is 20.1. The Morgan fingerprint density at radius 3 is 2.26 bits per heavy atom. The molecule has 0 spiro atoms. The predicted octanol–water partition coefficient (Wildman–Crippen LogP) is 1.53. The highest BCUT2D eigenvalue weighted by atomic mass is 127. The lowest BCUT2D eigenvalue weighted by molar-refractivity contribution is -0.176. The summed E-state index contributed by atoms with van der Waals surface area (Å²) < 4.78 is 5.71. The predicted molar refractivity (Wildman–Crippen MR) is 121 cm³/mol. The molecule has 2 unspecified atom stereocenters. The lowest BCUT2D eigenvalue weighted by atomic mass is 9.56. The zero-order valence-corrected chi connectivity index (χ0v) is 20.3. The van der Waals surface area contributed by atoms with Crippen LogP contribution in [0.3, 0.4) is 0 Å². The van der Waals surface area contributed by atoms with Crippen LogP contribution in [-0.4, -0.2) is 87.2 Å². The van der Waals surface area contributed by atoms with Crippen LogP contribution < -0.4 is 10.6 Å². The average Bonchev–Trinajstić information content (AvgIpc) is 2.61. The van der Waals surface area contributed by atoms with E-state index in [2.05, 4.69) is 41.3 Å². The first-order chi connectivity index (χ1) is 12.1. The summed E-state index contributed by atoms with van der Waals surface area (Å²) in [6, 6.07) is 0.736. The molecule has 1 aliphatic carbocycles. The fourth-order valence-electron chi connectivity index (χ4n) is 3.82. The maximum Gasteiger partial charge on any atom is 0.236 e. The normalized spacial score (nSPS) is 28.7. The van der Waals surface area contributed by atoms with Gasteiger partial charge in [-0.1, -0.05) is 13.8 Å². The number of aliphatic imine (C=N–C) groups is 1. The topological polar surface area (TPSA) is 69.2 Å². The molecule has 1 aliphatic heterocycles. The monoisotopic (exact) mass is 495 g/mol. The van der Waals surface area contributed by atoms with E-state index in [1.807, 2.05) is 21.1 Å². The third-order valence-electron chi connectivity index (χ3n) is 6.60. The first kappa shape index (κ1) is 24.4. The molecule has 8 heteroatoms. The molecule has 2 aliphatic rings. The molecule has 0 bridgehead atoms. The number of halogens is 1. The summed E-state index contributed by atoms with van der Waals surface area (Å²) in [5.41, 5.74) is -0.0386. The van der Waals surface area contributed by atoms with Crippen molar-refractivity contribution in [2.45, 2.75) is 57.7 Å². The molecule has 1 amide bonds. The average molecular weight is 495 g/mol. The lowest BCUT2D eigenvalue weighted by Crippen LogP contribution is -2.69. The Morgan fingerprint density at radius 2 is 1.81 bits per heavy atom. The molecular weight excluding hydrogens is 457 g/mol. The van der Waals surface area contributed by atoms with E-state index in [1.54, 1.807) is 12.0 Å². The zero-order chi connectivity index (χ0) is 19.5. The van der Waals surface area contributed by atoms with Crippen LogP contribution in [0.25, 0.3) is 0 Å². The Bertz CT molecular complexity index is 532. The number of nitrogens with one attached hydrogen (secondary N) is 2. The Labute approximate surface area is 181 Å². The van der Waals surface area contributed by atoms with E-state index < -0.39 is 0 Å². The second-order valence-electron chi connectivity index (χ2n) is 8.61. The van der Waals surface area contributed by atoms with Crippen molar-refractivity contribution in [1.82, 2.24) is 20.4 Å². The molecule has 0 aromatic rings. The second-order valence-corrected chi connectivity index (χ2v) is 8.61. The summed E-state index contributed by atoms with van der Waals surface area (Å²) in [5, 5.41) is 7.13. The van der Waals surface area contributed by atoms with Gasteiger partial charge in [0, 0.05) is 58.8 Å². The Kier molecular flexibility index (Phi) is 8.81. The van der Waals surface area contributed by atoms with E-state index in [9.17, 15) is 4.79 Å². The maximum absolute atomic E-state index is 11.8. The van der Waals surface area contributed by atoms with Crippen molar-refractivity contribution in [3.05, 3.63) is 0 Å². The van der Waals surface area contributed by atoms with E-state index in [0.29, 0.717) is 18.6 Å². The van der Waals surface area contributed by atoms with Gasteiger partial charge in [0.1, 0.15) is 0 Å². The van der Waals surface area contributed by atoms with E-state index in [1.165, 1.54) is 0 Å². The van der Waals surface area contributed by atoms with Gasteiger partial charge in [0.15, 0.2) is 5.96 Å². The molecule has 1 heterocycles. The number of piperidine rings is 1. The van der Waals surface area contributed by atoms with Crippen molar-refractivity contribution in [2.24, 2.45) is 10.4 Å². The van der Waals surface area contributed by atoms with Gasteiger partial charge in [0.2, 0.25) is 5.91 Å².